The molecule has 1 aromatic rings. The summed E-state index contributed by atoms with van der Waals surface area (Å²) in [6.07, 6.45) is 2.04. The number of nitrogens with one attached hydrogen (secondary N) is 1. The van der Waals surface area contributed by atoms with Gasteiger partial charge in [-0.25, -0.2) is 0 Å². The van der Waals surface area contributed by atoms with Crippen LogP contribution in [0.5, 0.6) is 0 Å². The second-order valence-electron chi connectivity index (χ2n) is 3.48. The molecule has 1 rings (SSSR count). The SMILES string of the molecule is CCc1cccc(CC)c1NCC(N)=S. The van der Waals surface area contributed by atoms with Crippen LogP contribution in [0, 0.1) is 0 Å². The second kappa shape index (κ2) is 5.71. The summed E-state index contributed by atoms with van der Waals surface area (Å²) in [6.45, 7) is 4.88. The Kier molecular flexibility index (Phi) is 4.56. The monoisotopic (exact) mass is 222 g/mol. The van der Waals surface area contributed by atoms with Gasteiger partial charge in [0.15, 0.2) is 0 Å². The minimum atomic E-state index is 0.503. The Morgan fingerprint density at radius 1 is 1.27 bits per heavy atom. The van der Waals surface area contributed by atoms with Crippen LogP contribution in [0.1, 0.15) is 25.0 Å². The van der Waals surface area contributed by atoms with Crippen LogP contribution in [-0.4, -0.2) is 11.5 Å². The summed E-state index contributed by atoms with van der Waals surface area (Å²) in [6, 6.07) is 6.38. The van der Waals surface area contributed by atoms with Crippen molar-refractivity contribution in [3.63, 3.8) is 0 Å². The lowest BCUT2D eigenvalue weighted by Gasteiger charge is -2.14. The molecule has 2 nitrogen and oxygen atoms in total. The first kappa shape index (κ1) is 12.0. The molecule has 0 unspecified atom stereocenters. The first-order valence-electron chi connectivity index (χ1n) is 5.32. The fraction of sp³-hybridized carbons (Fsp3) is 0.417. The number of thiocarbonyl (C=S) groups is 1. The van der Waals surface area contributed by atoms with Crippen LogP contribution in [0.25, 0.3) is 0 Å². The molecule has 0 aliphatic rings. The smallest absolute Gasteiger partial charge is 0.0921 e. The van der Waals surface area contributed by atoms with Crippen LogP contribution < -0.4 is 11.1 Å². The highest BCUT2D eigenvalue weighted by Gasteiger charge is 2.05. The molecule has 0 fully saturated rings. The average molecular weight is 222 g/mol. The molecule has 0 spiro atoms. The Bertz CT molecular complexity index is 325. The third-order valence-corrected chi connectivity index (χ3v) is 2.58. The van der Waals surface area contributed by atoms with E-state index in [-0.39, 0.29) is 0 Å². The van der Waals surface area contributed by atoms with E-state index in [1.165, 1.54) is 16.8 Å². The lowest BCUT2D eigenvalue weighted by atomic mass is 10.0. The number of nitrogens with two attached hydrogens (primary N) is 1. The number of hydrogen-bond donors (Lipinski definition) is 2. The number of benzene rings is 1. The van der Waals surface area contributed by atoms with Crippen molar-refractivity contribution in [3.05, 3.63) is 29.3 Å². The van der Waals surface area contributed by atoms with Gasteiger partial charge in [-0.15, -0.1) is 0 Å². The van der Waals surface area contributed by atoms with Gasteiger partial charge in [0.25, 0.3) is 0 Å². The molecule has 3 N–H and O–H groups in total. The Morgan fingerprint density at radius 3 is 2.20 bits per heavy atom. The van der Waals surface area contributed by atoms with Crippen molar-refractivity contribution < 1.29 is 0 Å². The summed E-state index contributed by atoms with van der Waals surface area (Å²) in [4.78, 5) is 0.503. The molecule has 0 aliphatic heterocycles. The zero-order chi connectivity index (χ0) is 11.3. The molecule has 0 heterocycles. The molecule has 0 aromatic heterocycles. The number of para-hydroxylation sites is 1. The summed E-state index contributed by atoms with van der Waals surface area (Å²) in [5.74, 6) is 0. The summed E-state index contributed by atoms with van der Waals surface area (Å²) in [5.41, 5.74) is 9.35. The van der Waals surface area contributed by atoms with E-state index in [2.05, 4.69) is 37.4 Å². The van der Waals surface area contributed by atoms with E-state index in [1.807, 2.05) is 0 Å². The van der Waals surface area contributed by atoms with Gasteiger partial charge in [-0.1, -0.05) is 44.3 Å². The molecule has 0 bridgehead atoms. The summed E-state index contributed by atoms with van der Waals surface area (Å²) in [5, 5.41) is 3.32. The summed E-state index contributed by atoms with van der Waals surface area (Å²) < 4.78 is 0. The number of hydrogen-bond acceptors (Lipinski definition) is 2. The molecule has 0 amide bonds. The normalized spacial score (nSPS) is 10.0. The van der Waals surface area contributed by atoms with Crippen LogP contribution in [0.4, 0.5) is 5.69 Å². The molecular formula is C12H18N2S. The molecule has 15 heavy (non-hydrogen) atoms. The van der Waals surface area contributed by atoms with Crippen LogP contribution in [0.3, 0.4) is 0 Å². The first-order chi connectivity index (χ1) is 7.19. The quantitative estimate of drug-likeness (QED) is 0.752. The lowest BCUT2D eigenvalue weighted by molar-refractivity contribution is 1.08. The highest BCUT2D eigenvalue weighted by atomic mass is 32.1. The summed E-state index contributed by atoms with van der Waals surface area (Å²) in [7, 11) is 0. The van der Waals surface area contributed by atoms with Crippen molar-refractivity contribution in [2.24, 2.45) is 5.73 Å². The van der Waals surface area contributed by atoms with Crippen LogP contribution in [0.2, 0.25) is 0 Å². The fourth-order valence-corrected chi connectivity index (χ4v) is 1.72. The van der Waals surface area contributed by atoms with Crippen LogP contribution >= 0.6 is 12.2 Å². The van der Waals surface area contributed by atoms with Gasteiger partial charge >= 0.3 is 0 Å². The Labute approximate surface area is 96.9 Å². The van der Waals surface area contributed by atoms with Crippen LogP contribution in [-0.2, 0) is 12.8 Å². The molecule has 3 heteroatoms. The van der Waals surface area contributed by atoms with Crippen molar-refractivity contribution >= 4 is 22.9 Å². The molecular weight excluding hydrogens is 204 g/mol. The zero-order valence-electron chi connectivity index (χ0n) is 9.34. The summed E-state index contributed by atoms with van der Waals surface area (Å²) >= 11 is 4.87. The maximum absolute atomic E-state index is 5.49. The molecule has 1 aromatic carbocycles. The average Bonchev–Trinajstić information content (AvgIpc) is 2.25. The van der Waals surface area contributed by atoms with Crippen molar-refractivity contribution in [3.8, 4) is 0 Å². The van der Waals surface area contributed by atoms with E-state index in [4.69, 9.17) is 18.0 Å². The van der Waals surface area contributed by atoms with Crippen molar-refractivity contribution in [2.45, 2.75) is 26.7 Å². The van der Waals surface area contributed by atoms with Gasteiger partial charge < -0.3 is 11.1 Å². The van der Waals surface area contributed by atoms with E-state index in [1.54, 1.807) is 0 Å². The van der Waals surface area contributed by atoms with Gasteiger partial charge in [-0.3, -0.25) is 0 Å². The van der Waals surface area contributed by atoms with Gasteiger partial charge in [-0.05, 0) is 24.0 Å². The minimum Gasteiger partial charge on any atom is -0.392 e. The number of rotatable bonds is 5. The zero-order valence-corrected chi connectivity index (χ0v) is 10.2. The van der Waals surface area contributed by atoms with E-state index in [9.17, 15) is 0 Å². The Hall–Kier alpha value is -1.09. The molecule has 0 aliphatic carbocycles. The predicted octanol–water partition coefficient (Wildman–Crippen LogP) is 2.51. The molecule has 0 saturated carbocycles. The third-order valence-electron chi connectivity index (χ3n) is 2.44. The molecule has 0 atom stereocenters. The van der Waals surface area contributed by atoms with Gasteiger partial charge in [0, 0.05) is 5.69 Å². The molecule has 82 valence electrons. The first-order valence-corrected chi connectivity index (χ1v) is 5.72. The Morgan fingerprint density at radius 2 is 1.80 bits per heavy atom. The van der Waals surface area contributed by atoms with Gasteiger partial charge in [0.2, 0.25) is 0 Å². The second-order valence-corrected chi connectivity index (χ2v) is 4.00. The largest absolute Gasteiger partial charge is 0.392 e. The van der Waals surface area contributed by atoms with Gasteiger partial charge in [-0.2, -0.15) is 0 Å². The van der Waals surface area contributed by atoms with Crippen molar-refractivity contribution in [1.29, 1.82) is 0 Å². The standard InChI is InChI=1S/C12H18N2S/c1-3-9-6-5-7-10(4-2)12(9)14-8-11(13)15/h5-7,14H,3-4,8H2,1-2H3,(H2,13,15). The predicted molar refractivity (Wildman–Crippen MR) is 70.5 cm³/mol. The maximum Gasteiger partial charge on any atom is 0.0921 e. The van der Waals surface area contributed by atoms with Gasteiger partial charge in [0.1, 0.15) is 0 Å². The number of anilines is 1. The topological polar surface area (TPSA) is 38.0 Å². The highest BCUT2D eigenvalue weighted by molar-refractivity contribution is 7.80. The maximum atomic E-state index is 5.49. The van der Waals surface area contributed by atoms with Crippen molar-refractivity contribution in [2.75, 3.05) is 11.9 Å². The van der Waals surface area contributed by atoms with E-state index < -0.39 is 0 Å². The van der Waals surface area contributed by atoms with E-state index in [0.717, 1.165) is 12.8 Å². The minimum absolute atomic E-state index is 0.503. The highest BCUT2D eigenvalue weighted by Crippen LogP contribution is 2.22. The van der Waals surface area contributed by atoms with Gasteiger partial charge in [0.05, 0.1) is 11.5 Å². The van der Waals surface area contributed by atoms with Crippen LogP contribution in [0.15, 0.2) is 18.2 Å². The van der Waals surface area contributed by atoms with E-state index in [0.29, 0.717) is 11.5 Å². The fourth-order valence-electron chi connectivity index (χ4n) is 1.65. The van der Waals surface area contributed by atoms with E-state index >= 15 is 0 Å². The molecule has 0 radical (unpaired) electrons. The number of aryl methyl sites for hydroxylation is 2. The van der Waals surface area contributed by atoms with Crippen molar-refractivity contribution in [1.82, 2.24) is 0 Å². The molecule has 0 saturated heterocycles. The Balaban J connectivity index is 2.94. The lowest BCUT2D eigenvalue weighted by Crippen LogP contribution is -2.21. The third kappa shape index (κ3) is 3.20.